The van der Waals surface area contributed by atoms with Crippen molar-refractivity contribution >= 4 is 17.4 Å². The van der Waals surface area contributed by atoms with Crippen molar-refractivity contribution in [3.8, 4) is 0 Å². The van der Waals surface area contributed by atoms with Gasteiger partial charge in [0.2, 0.25) is 0 Å². The summed E-state index contributed by atoms with van der Waals surface area (Å²) >= 11 is 1.78. The van der Waals surface area contributed by atoms with Crippen LogP contribution in [-0.2, 0) is 11.2 Å². The largest absolute Gasteiger partial charge is 0.377 e. The van der Waals surface area contributed by atoms with Gasteiger partial charge in [-0.05, 0) is 30.2 Å². The quantitative estimate of drug-likeness (QED) is 0.908. The average Bonchev–Trinajstić information content (AvgIpc) is 2.97. The minimum absolute atomic E-state index is 0.0539. The monoisotopic (exact) mass is 296 g/mol. The van der Waals surface area contributed by atoms with Gasteiger partial charge < -0.3 is 15.0 Å². The molecule has 0 unspecified atom stereocenters. The van der Waals surface area contributed by atoms with Crippen molar-refractivity contribution in [3.05, 3.63) is 22.4 Å². The summed E-state index contributed by atoms with van der Waals surface area (Å²) < 4.78 is 5.43. The Morgan fingerprint density at radius 2 is 2.50 bits per heavy atom. The first-order valence-corrected chi connectivity index (χ1v) is 8.23. The van der Waals surface area contributed by atoms with Crippen LogP contribution in [0.5, 0.6) is 0 Å². The lowest BCUT2D eigenvalue weighted by Crippen LogP contribution is -2.52. The highest BCUT2D eigenvalue weighted by atomic mass is 32.1. The average molecular weight is 296 g/mol. The molecule has 2 rings (SSSR count). The molecule has 0 bridgehead atoms. The maximum atomic E-state index is 12.2. The van der Waals surface area contributed by atoms with Gasteiger partial charge in [0, 0.05) is 18.0 Å². The van der Waals surface area contributed by atoms with E-state index in [0.717, 1.165) is 19.4 Å². The third-order valence-corrected chi connectivity index (χ3v) is 4.59. The summed E-state index contributed by atoms with van der Waals surface area (Å²) in [4.78, 5) is 15.5. The van der Waals surface area contributed by atoms with Gasteiger partial charge in [0.1, 0.15) is 0 Å². The third kappa shape index (κ3) is 4.21. The molecule has 0 saturated carbocycles. The Hall–Kier alpha value is -1.07. The minimum Gasteiger partial charge on any atom is -0.377 e. The van der Waals surface area contributed by atoms with E-state index in [4.69, 9.17) is 4.74 Å². The van der Waals surface area contributed by atoms with Crippen LogP contribution in [-0.4, -0.2) is 43.3 Å². The van der Waals surface area contributed by atoms with E-state index in [1.165, 1.54) is 4.88 Å². The summed E-state index contributed by atoms with van der Waals surface area (Å²) in [5.41, 5.74) is 0. The summed E-state index contributed by atoms with van der Waals surface area (Å²) in [6, 6.07) is 4.50. The van der Waals surface area contributed by atoms with Gasteiger partial charge in [-0.25, -0.2) is 4.79 Å². The number of ether oxygens (including phenoxy) is 1. The Balaban J connectivity index is 1.76. The molecule has 0 aromatic carbocycles. The lowest BCUT2D eigenvalue weighted by Gasteiger charge is -2.35. The zero-order chi connectivity index (χ0) is 14.4. The Morgan fingerprint density at radius 1 is 1.65 bits per heavy atom. The van der Waals surface area contributed by atoms with Gasteiger partial charge >= 0.3 is 6.03 Å². The molecule has 2 heterocycles. The van der Waals surface area contributed by atoms with E-state index in [1.807, 2.05) is 4.90 Å². The van der Waals surface area contributed by atoms with Crippen LogP contribution in [0, 0.1) is 5.92 Å². The van der Waals surface area contributed by atoms with Crippen molar-refractivity contribution in [2.45, 2.75) is 32.7 Å². The number of urea groups is 1. The first kappa shape index (κ1) is 15.3. The van der Waals surface area contributed by atoms with Crippen LogP contribution >= 0.6 is 11.3 Å². The Morgan fingerprint density at radius 3 is 3.20 bits per heavy atom. The van der Waals surface area contributed by atoms with Crippen LogP contribution in [0.15, 0.2) is 17.5 Å². The Kier molecular flexibility index (Phi) is 5.86. The van der Waals surface area contributed by atoms with Crippen molar-refractivity contribution in [1.82, 2.24) is 10.2 Å². The predicted molar refractivity (Wildman–Crippen MR) is 82.2 cm³/mol. The van der Waals surface area contributed by atoms with Crippen molar-refractivity contribution in [1.29, 1.82) is 0 Å². The van der Waals surface area contributed by atoms with Crippen molar-refractivity contribution in [2.24, 2.45) is 5.92 Å². The first-order valence-electron chi connectivity index (χ1n) is 7.35. The van der Waals surface area contributed by atoms with Crippen LogP contribution in [0.2, 0.25) is 0 Å². The minimum atomic E-state index is 0.0539. The molecule has 112 valence electrons. The van der Waals surface area contributed by atoms with Gasteiger partial charge in [0.15, 0.2) is 0 Å². The maximum absolute atomic E-state index is 12.2. The number of hydrogen-bond donors (Lipinski definition) is 1. The lowest BCUT2D eigenvalue weighted by atomic mass is 10.1. The van der Waals surface area contributed by atoms with Crippen molar-refractivity contribution in [2.75, 3.05) is 26.3 Å². The maximum Gasteiger partial charge on any atom is 0.317 e. The SMILES string of the molecule is CC[C@H]1COCCN1C(=O)NC[C@@H](C)Cc1cccs1. The molecular weight excluding hydrogens is 272 g/mol. The second-order valence-electron chi connectivity index (χ2n) is 5.41. The fourth-order valence-corrected chi connectivity index (χ4v) is 3.34. The fraction of sp³-hybridized carbons (Fsp3) is 0.667. The molecule has 0 aliphatic carbocycles. The molecule has 5 heteroatoms. The molecule has 4 nitrogen and oxygen atoms in total. The molecule has 1 N–H and O–H groups in total. The highest BCUT2D eigenvalue weighted by molar-refractivity contribution is 7.09. The number of morpholine rings is 1. The lowest BCUT2D eigenvalue weighted by molar-refractivity contribution is 0.0112. The van der Waals surface area contributed by atoms with E-state index in [2.05, 4.69) is 36.7 Å². The smallest absolute Gasteiger partial charge is 0.317 e. The number of nitrogens with zero attached hydrogens (tertiary/aromatic N) is 1. The van der Waals surface area contributed by atoms with Gasteiger partial charge in [0.05, 0.1) is 19.3 Å². The van der Waals surface area contributed by atoms with Crippen molar-refractivity contribution < 1.29 is 9.53 Å². The van der Waals surface area contributed by atoms with E-state index in [0.29, 0.717) is 25.7 Å². The highest BCUT2D eigenvalue weighted by Crippen LogP contribution is 2.14. The summed E-state index contributed by atoms with van der Waals surface area (Å²) in [5.74, 6) is 0.457. The van der Waals surface area contributed by atoms with E-state index in [-0.39, 0.29) is 12.1 Å². The molecule has 2 amide bonds. The van der Waals surface area contributed by atoms with Gasteiger partial charge in [0.25, 0.3) is 0 Å². The summed E-state index contributed by atoms with van der Waals surface area (Å²) in [5, 5.41) is 5.16. The highest BCUT2D eigenvalue weighted by Gasteiger charge is 2.25. The standard InChI is InChI=1S/C15H24N2O2S/c1-3-13-11-19-7-6-17(13)15(18)16-10-12(2)9-14-5-4-8-20-14/h4-5,8,12-13H,3,6-7,9-11H2,1-2H3,(H,16,18)/t12-,13-/m0/s1. The van der Waals surface area contributed by atoms with Gasteiger partial charge in [-0.3, -0.25) is 0 Å². The zero-order valence-electron chi connectivity index (χ0n) is 12.3. The molecule has 1 aliphatic rings. The molecule has 20 heavy (non-hydrogen) atoms. The number of nitrogens with one attached hydrogen (secondary N) is 1. The number of amides is 2. The van der Waals surface area contributed by atoms with Gasteiger partial charge in [-0.1, -0.05) is 19.9 Å². The number of carbonyl (C=O) groups excluding carboxylic acids is 1. The van der Waals surface area contributed by atoms with Crippen LogP contribution < -0.4 is 5.32 Å². The van der Waals surface area contributed by atoms with E-state index < -0.39 is 0 Å². The number of hydrogen-bond acceptors (Lipinski definition) is 3. The molecule has 0 radical (unpaired) electrons. The van der Waals surface area contributed by atoms with E-state index in [1.54, 1.807) is 11.3 Å². The second-order valence-corrected chi connectivity index (χ2v) is 6.44. The molecule has 1 aliphatic heterocycles. The van der Waals surface area contributed by atoms with Crippen LogP contribution in [0.25, 0.3) is 0 Å². The molecule has 1 aromatic rings. The summed E-state index contributed by atoms with van der Waals surface area (Å²) in [7, 11) is 0. The molecule has 1 aromatic heterocycles. The van der Waals surface area contributed by atoms with Crippen LogP contribution in [0.4, 0.5) is 4.79 Å². The Labute approximate surface area is 125 Å². The topological polar surface area (TPSA) is 41.6 Å². The van der Waals surface area contributed by atoms with Crippen LogP contribution in [0.3, 0.4) is 0 Å². The van der Waals surface area contributed by atoms with Crippen molar-refractivity contribution in [3.63, 3.8) is 0 Å². The fourth-order valence-electron chi connectivity index (χ4n) is 2.47. The molecule has 0 spiro atoms. The first-order chi connectivity index (χ1) is 9.70. The van der Waals surface area contributed by atoms with E-state index in [9.17, 15) is 4.79 Å². The van der Waals surface area contributed by atoms with Gasteiger partial charge in [-0.15, -0.1) is 11.3 Å². The number of rotatable bonds is 5. The number of carbonyl (C=O) groups is 1. The third-order valence-electron chi connectivity index (χ3n) is 3.69. The zero-order valence-corrected chi connectivity index (χ0v) is 13.1. The molecule has 1 fully saturated rings. The van der Waals surface area contributed by atoms with Crippen LogP contribution in [0.1, 0.15) is 25.1 Å². The molecule has 1 saturated heterocycles. The molecular formula is C15H24N2O2S. The number of thiophene rings is 1. The summed E-state index contributed by atoms with van der Waals surface area (Å²) in [6.45, 7) is 7.01. The normalized spacial score (nSPS) is 20.7. The predicted octanol–water partition coefficient (Wildman–Crippen LogP) is 2.75. The molecule has 2 atom stereocenters. The van der Waals surface area contributed by atoms with E-state index >= 15 is 0 Å². The second kappa shape index (κ2) is 7.64. The summed E-state index contributed by atoms with van der Waals surface area (Å²) in [6.07, 6.45) is 1.97. The van der Waals surface area contributed by atoms with Gasteiger partial charge in [-0.2, -0.15) is 0 Å². The Bertz CT molecular complexity index is 408.